The van der Waals surface area contributed by atoms with E-state index >= 15 is 0 Å². The van der Waals surface area contributed by atoms with Gasteiger partial charge in [-0.05, 0) is 26.0 Å². The molecule has 0 aliphatic carbocycles. The molecule has 4 heterocycles. The standard InChI is InChI=1S/C13H12N6O2/c1-3-18-12(20)9-11(15-7(2)14-9)19-13(18)16-10(17-19)8-5-4-6-21-8/h4-6H,3H2,1-2H3,(H,14,15). The van der Waals surface area contributed by atoms with Crippen LogP contribution in [0.4, 0.5) is 0 Å². The van der Waals surface area contributed by atoms with Crippen LogP contribution in [0.15, 0.2) is 27.6 Å². The Morgan fingerprint density at radius 1 is 1.38 bits per heavy atom. The maximum absolute atomic E-state index is 12.5. The summed E-state index contributed by atoms with van der Waals surface area (Å²) < 4.78 is 8.44. The summed E-state index contributed by atoms with van der Waals surface area (Å²) in [7, 11) is 0. The highest BCUT2D eigenvalue weighted by Gasteiger charge is 2.18. The number of nitrogens with zero attached hydrogens (tertiary/aromatic N) is 5. The third kappa shape index (κ3) is 1.55. The molecular formula is C13H12N6O2. The molecule has 0 fully saturated rings. The zero-order valence-corrected chi connectivity index (χ0v) is 11.5. The van der Waals surface area contributed by atoms with Crippen LogP contribution in [0.1, 0.15) is 12.7 Å². The van der Waals surface area contributed by atoms with E-state index in [1.165, 1.54) is 0 Å². The highest BCUT2D eigenvalue weighted by atomic mass is 16.3. The van der Waals surface area contributed by atoms with Gasteiger partial charge in [-0.2, -0.15) is 9.50 Å². The van der Waals surface area contributed by atoms with Gasteiger partial charge in [-0.3, -0.25) is 9.36 Å². The number of furan rings is 1. The van der Waals surface area contributed by atoms with Crippen LogP contribution in [0.2, 0.25) is 0 Å². The minimum Gasteiger partial charge on any atom is -0.461 e. The predicted octanol–water partition coefficient (Wildman–Crippen LogP) is 1.36. The van der Waals surface area contributed by atoms with E-state index in [0.717, 1.165) is 0 Å². The van der Waals surface area contributed by atoms with Crippen molar-refractivity contribution < 1.29 is 4.42 Å². The Balaban J connectivity index is 2.18. The van der Waals surface area contributed by atoms with E-state index in [-0.39, 0.29) is 5.56 Å². The summed E-state index contributed by atoms with van der Waals surface area (Å²) >= 11 is 0. The van der Waals surface area contributed by atoms with Crippen LogP contribution < -0.4 is 5.56 Å². The van der Waals surface area contributed by atoms with E-state index in [1.54, 1.807) is 34.4 Å². The van der Waals surface area contributed by atoms with Gasteiger partial charge in [0, 0.05) is 6.54 Å². The summed E-state index contributed by atoms with van der Waals surface area (Å²) in [5.41, 5.74) is 0.749. The predicted molar refractivity (Wildman–Crippen MR) is 75.0 cm³/mol. The first-order chi connectivity index (χ1) is 10.2. The number of aryl methyl sites for hydroxylation is 2. The largest absolute Gasteiger partial charge is 0.461 e. The molecule has 0 aromatic carbocycles. The van der Waals surface area contributed by atoms with Crippen LogP contribution in [0.3, 0.4) is 0 Å². The molecule has 0 aliphatic heterocycles. The van der Waals surface area contributed by atoms with Crippen LogP contribution in [0, 0.1) is 6.92 Å². The Morgan fingerprint density at radius 3 is 2.95 bits per heavy atom. The summed E-state index contributed by atoms with van der Waals surface area (Å²) in [5, 5.41) is 4.42. The Kier molecular flexibility index (Phi) is 2.29. The SMILES string of the molecule is CCn1c(=O)c2[nH]c(C)nc2n2nc(-c3ccco3)nc12. The molecule has 1 N–H and O–H groups in total. The Morgan fingerprint density at radius 2 is 2.24 bits per heavy atom. The fraction of sp³-hybridized carbons (Fsp3) is 0.231. The molecule has 0 saturated carbocycles. The number of fused-ring (bicyclic) bond motifs is 3. The maximum atomic E-state index is 12.5. The van der Waals surface area contributed by atoms with Gasteiger partial charge in [-0.15, -0.1) is 5.10 Å². The molecule has 0 aliphatic rings. The van der Waals surface area contributed by atoms with Crippen molar-refractivity contribution in [2.24, 2.45) is 0 Å². The van der Waals surface area contributed by atoms with E-state index in [1.807, 2.05) is 6.92 Å². The molecule has 4 aromatic rings. The molecule has 0 saturated heterocycles. The monoisotopic (exact) mass is 284 g/mol. The zero-order chi connectivity index (χ0) is 14.6. The molecule has 21 heavy (non-hydrogen) atoms. The first-order valence-corrected chi connectivity index (χ1v) is 6.59. The van der Waals surface area contributed by atoms with Gasteiger partial charge in [-0.1, -0.05) is 0 Å². The van der Waals surface area contributed by atoms with E-state index < -0.39 is 0 Å². The Bertz CT molecular complexity index is 1000. The number of aromatic nitrogens is 6. The first kappa shape index (κ1) is 11.9. The third-order valence-corrected chi connectivity index (χ3v) is 3.35. The lowest BCUT2D eigenvalue weighted by atomic mass is 10.4. The molecule has 106 valence electrons. The average molecular weight is 284 g/mol. The lowest BCUT2D eigenvalue weighted by Crippen LogP contribution is -2.22. The second kappa shape index (κ2) is 4.05. The Labute approximate surface area is 118 Å². The molecule has 0 atom stereocenters. The maximum Gasteiger partial charge on any atom is 0.281 e. The number of hydrogen-bond donors (Lipinski definition) is 1. The smallest absolute Gasteiger partial charge is 0.281 e. The van der Waals surface area contributed by atoms with Gasteiger partial charge in [0.25, 0.3) is 5.56 Å². The lowest BCUT2D eigenvalue weighted by Gasteiger charge is -2.02. The third-order valence-electron chi connectivity index (χ3n) is 3.35. The zero-order valence-electron chi connectivity index (χ0n) is 11.5. The van der Waals surface area contributed by atoms with Crippen LogP contribution in [0.5, 0.6) is 0 Å². The van der Waals surface area contributed by atoms with Crippen molar-refractivity contribution in [3.63, 3.8) is 0 Å². The van der Waals surface area contributed by atoms with Crippen molar-refractivity contribution in [2.45, 2.75) is 20.4 Å². The summed E-state index contributed by atoms with van der Waals surface area (Å²) in [5.74, 6) is 2.09. The molecule has 0 bridgehead atoms. The normalized spacial score (nSPS) is 11.7. The van der Waals surface area contributed by atoms with E-state index in [9.17, 15) is 4.79 Å². The molecule has 0 radical (unpaired) electrons. The van der Waals surface area contributed by atoms with Crippen molar-refractivity contribution >= 4 is 16.9 Å². The number of aromatic amines is 1. The Hall–Kier alpha value is -2.90. The van der Waals surface area contributed by atoms with Crippen LogP contribution in [-0.2, 0) is 6.54 Å². The molecule has 0 unspecified atom stereocenters. The van der Waals surface area contributed by atoms with Gasteiger partial charge in [0.2, 0.25) is 11.6 Å². The average Bonchev–Trinajstić information content (AvgIpc) is 3.15. The molecule has 4 aromatic heterocycles. The van der Waals surface area contributed by atoms with Crippen molar-refractivity contribution in [3.05, 3.63) is 34.6 Å². The van der Waals surface area contributed by atoms with Gasteiger partial charge in [0.1, 0.15) is 5.82 Å². The van der Waals surface area contributed by atoms with Crippen molar-refractivity contribution in [1.82, 2.24) is 29.1 Å². The van der Waals surface area contributed by atoms with Gasteiger partial charge in [0.15, 0.2) is 16.9 Å². The molecule has 8 heteroatoms. The number of H-pyrrole nitrogens is 1. The van der Waals surface area contributed by atoms with Crippen molar-refractivity contribution in [2.75, 3.05) is 0 Å². The number of rotatable bonds is 2. The highest BCUT2D eigenvalue weighted by molar-refractivity contribution is 5.73. The van der Waals surface area contributed by atoms with E-state index in [4.69, 9.17) is 4.42 Å². The minimum absolute atomic E-state index is 0.154. The lowest BCUT2D eigenvalue weighted by molar-refractivity contribution is 0.577. The van der Waals surface area contributed by atoms with Gasteiger partial charge < -0.3 is 9.40 Å². The quantitative estimate of drug-likeness (QED) is 0.599. The molecule has 0 spiro atoms. The van der Waals surface area contributed by atoms with Gasteiger partial charge >= 0.3 is 0 Å². The minimum atomic E-state index is -0.154. The fourth-order valence-electron chi connectivity index (χ4n) is 2.42. The summed E-state index contributed by atoms with van der Waals surface area (Å²) in [4.78, 5) is 24.2. The first-order valence-electron chi connectivity index (χ1n) is 6.59. The molecular weight excluding hydrogens is 272 g/mol. The molecule has 4 rings (SSSR count). The second-order valence-corrected chi connectivity index (χ2v) is 4.69. The van der Waals surface area contributed by atoms with Crippen LogP contribution in [0.25, 0.3) is 28.5 Å². The van der Waals surface area contributed by atoms with E-state index in [0.29, 0.717) is 40.9 Å². The van der Waals surface area contributed by atoms with Crippen LogP contribution in [-0.4, -0.2) is 29.1 Å². The summed E-state index contributed by atoms with van der Waals surface area (Å²) in [6, 6.07) is 3.54. The number of hydrogen-bond acceptors (Lipinski definition) is 5. The summed E-state index contributed by atoms with van der Waals surface area (Å²) in [6.07, 6.45) is 1.56. The van der Waals surface area contributed by atoms with Crippen molar-refractivity contribution in [3.8, 4) is 11.6 Å². The van der Waals surface area contributed by atoms with Gasteiger partial charge in [-0.25, -0.2) is 4.98 Å². The van der Waals surface area contributed by atoms with E-state index in [2.05, 4.69) is 20.1 Å². The van der Waals surface area contributed by atoms with Crippen molar-refractivity contribution in [1.29, 1.82) is 0 Å². The fourth-order valence-corrected chi connectivity index (χ4v) is 2.42. The van der Waals surface area contributed by atoms with Crippen LogP contribution >= 0.6 is 0 Å². The second-order valence-electron chi connectivity index (χ2n) is 4.69. The number of imidazole rings is 1. The topological polar surface area (TPSA) is 94.0 Å². The molecule has 8 nitrogen and oxygen atoms in total. The summed E-state index contributed by atoms with van der Waals surface area (Å²) in [6.45, 7) is 4.18. The number of nitrogens with one attached hydrogen (secondary N) is 1. The highest BCUT2D eigenvalue weighted by Crippen LogP contribution is 2.18. The van der Waals surface area contributed by atoms with Gasteiger partial charge in [0.05, 0.1) is 6.26 Å². The molecule has 0 amide bonds.